The number of hydrogen-bond donors (Lipinski definition) is 0. The van der Waals surface area contributed by atoms with E-state index in [1.54, 1.807) is 0 Å². The summed E-state index contributed by atoms with van der Waals surface area (Å²) >= 11 is 0. The molecule has 0 amide bonds. The topological polar surface area (TPSA) is 47.9 Å². The Bertz CT molecular complexity index is 3110. The molecule has 0 bridgehead atoms. The van der Waals surface area contributed by atoms with Crippen molar-refractivity contribution in [3.8, 4) is 79.0 Å². The van der Waals surface area contributed by atoms with Crippen molar-refractivity contribution in [1.82, 2.24) is 15.0 Å². The predicted molar refractivity (Wildman–Crippen MR) is 237 cm³/mol. The molecule has 3 aliphatic rings. The lowest BCUT2D eigenvalue weighted by atomic mass is 9.65. The second kappa shape index (κ2) is 12.5. The summed E-state index contributed by atoms with van der Waals surface area (Å²) in [5.74, 6) is 3.74. The van der Waals surface area contributed by atoms with Crippen LogP contribution in [0.25, 0.3) is 67.5 Å². The van der Waals surface area contributed by atoms with E-state index in [9.17, 15) is 0 Å². The first-order valence-corrected chi connectivity index (χ1v) is 20.3. The lowest BCUT2D eigenvalue weighted by Crippen LogP contribution is -2.33. The summed E-state index contributed by atoms with van der Waals surface area (Å²) in [5, 5.41) is 0. The van der Waals surface area contributed by atoms with E-state index in [0.29, 0.717) is 17.5 Å². The summed E-state index contributed by atoms with van der Waals surface area (Å²) in [6.45, 7) is 4.66. The van der Waals surface area contributed by atoms with Gasteiger partial charge in [-0.05, 0) is 56.1 Å². The molecular weight excluding hydrogens is 719 g/mol. The van der Waals surface area contributed by atoms with Crippen molar-refractivity contribution in [2.45, 2.75) is 24.7 Å². The molecule has 2 aliphatic carbocycles. The van der Waals surface area contributed by atoms with E-state index in [1.165, 1.54) is 61.2 Å². The summed E-state index contributed by atoms with van der Waals surface area (Å²) in [6, 6.07) is 66.8. The highest BCUT2D eigenvalue weighted by molar-refractivity contribution is 5.93. The maximum absolute atomic E-state index is 7.20. The van der Waals surface area contributed by atoms with Crippen molar-refractivity contribution in [2.75, 3.05) is 0 Å². The molecule has 8 aromatic carbocycles. The maximum Gasteiger partial charge on any atom is 0.164 e. The first-order valence-electron chi connectivity index (χ1n) is 20.3. The van der Waals surface area contributed by atoms with Crippen molar-refractivity contribution in [1.29, 1.82) is 0 Å². The molecule has 12 rings (SSSR count). The average Bonchev–Trinajstić information content (AvgIpc) is 3.73. The Hall–Kier alpha value is -7.43. The fourth-order valence-corrected chi connectivity index (χ4v) is 10.3. The third kappa shape index (κ3) is 4.74. The lowest BCUT2D eigenvalue weighted by Gasteiger charge is -2.41. The lowest BCUT2D eigenvalue weighted by molar-refractivity contribution is 0.423. The van der Waals surface area contributed by atoms with Gasteiger partial charge in [0, 0.05) is 38.8 Å². The summed E-state index contributed by atoms with van der Waals surface area (Å²) in [4.78, 5) is 15.6. The quantitative estimate of drug-likeness (QED) is 0.179. The highest BCUT2D eigenvalue weighted by Crippen LogP contribution is 2.65. The van der Waals surface area contributed by atoms with Crippen LogP contribution in [0.2, 0.25) is 0 Å². The van der Waals surface area contributed by atoms with Crippen LogP contribution >= 0.6 is 0 Å². The summed E-state index contributed by atoms with van der Waals surface area (Å²) in [7, 11) is 0. The highest BCUT2D eigenvalue weighted by atomic mass is 16.5. The minimum atomic E-state index is -0.538. The van der Waals surface area contributed by atoms with Gasteiger partial charge in [-0.1, -0.05) is 196 Å². The van der Waals surface area contributed by atoms with E-state index in [0.717, 1.165) is 33.8 Å². The number of para-hydroxylation sites is 1. The minimum Gasteiger partial charge on any atom is -0.456 e. The van der Waals surface area contributed by atoms with Crippen LogP contribution in [-0.2, 0) is 10.8 Å². The predicted octanol–water partition coefficient (Wildman–Crippen LogP) is 13.3. The van der Waals surface area contributed by atoms with Crippen LogP contribution in [0.3, 0.4) is 0 Å². The van der Waals surface area contributed by atoms with Gasteiger partial charge in [0.1, 0.15) is 11.5 Å². The van der Waals surface area contributed by atoms with Gasteiger partial charge in [-0.15, -0.1) is 0 Å². The van der Waals surface area contributed by atoms with Crippen LogP contribution in [0, 0.1) is 0 Å². The zero-order chi connectivity index (χ0) is 39.3. The van der Waals surface area contributed by atoms with Gasteiger partial charge in [0.25, 0.3) is 0 Å². The van der Waals surface area contributed by atoms with E-state index in [-0.39, 0.29) is 0 Å². The fraction of sp³-hybridized carbons (Fsp3) is 0.0727. The molecule has 0 N–H and O–H groups in total. The van der Waals surface area contributed by atoms with Gasteiger partial charge in [0.15, 0.2) is 17.5 Å². The maximum atomic E-state index is 7.20. The Labute approximate surface area is 343 Å². The van der Waals surface area contributed by atoms with E-state index in [1.807, 2.05) is 24.3 Å². The van der Waals surface area contributed by atoms with Crippen LogP contribution in [0.4, 0.5) is 0 Å². The van der Waals surface area contributed by atoms with Crippen molar-refractivity contribution >= 4 is 0 Å². The van der Waals surface area contributed by atoms with Crippen molar-refractivity contribution in [2.24, 2.45) is 0 Å². The summed E-state index contributed by atoms with van der Waals surface area (Å²) < 4.78 is 7.20. The van der Waals surface area contributed by atoms with E-state index in [4.69, 9.17) is 19.7 Å². The second-order valence-corrected chi connectivity index (χ2v) is 16.3. The Balaban J connectivity index is 1.06. The van der Waals surface area contributed by atoms with Gasteiger partial charge in [-0.3, -0.25) is 0 Å². The third-order valence-corrected chi connectivity index (χ3v) is 12.8. The van der Waals surface area contributed by atoms with Crippen LogP contribution in [0.5, 0.6) is 11.5 Å². The SMILES string of the molecule is CC1(C)c2c(-c3nc(-c4ccccc4)nc(-c4ccc(-c5ccccc5)cc4)n3)cccc2-c2ccc3c(c21)Oc1ccccc1C31c2ccccc2-c2ccccc21. The molecule has 4 nitrogen and oxygen atoms in total. The molecule has 0 atom stereocenters. The van der Waals surface area contributed by atoms with E-state index in [2.05, 4.69) is 178 Å². The van der Waals surface area contributed by atoms with Gasteiger partial charge in [-0.25, -0.2) is 15.0 Å². The standard InChI is InChI=1S/C55H37N3O/c1-54(2)48-40(22-15-23-42(48)53-57-51(36-18-7-4-8-19-36)56-52(58-53)37-30-28-35(29-31-37)34-16-5-3-6-17-34)41-32-33-46-50(49(41)54)59-47-27-14-13-26-45(47)55(46)43-24-11-9-20-38(43)39-21-10-12-25-44(39)55/h3-33H,1-2H3. The summed E-state index contributed by atoms with van der Waals surface area (Å²) in [6.07, 6.45) is 0. The number of nitrogens with zero attached hydrogens (tertiary/aromatic N) is 3. The fourth-order valence-electron chi connectivity index (χ4n) is 10.3. The van der Waals surface area contributed by atoms with Crippen molar-refractivity contribution in [3.63, 3.8) is 0 Å². The molecule has 2 heterocycles. The first kappa shape index (κ1) is 33.7. The zero-order valence-electron chi connectivity index (χ0n) is 32.6. The number of fused-ring (bicyclic) bond motifs is 13. The molecule has 0 saturated heterocycles. The molecule has 278 valence electrons. The van der Waals surface area contributed by atoms with Crippen LogP contribution in [0.15, 0.2) is 188 Å². The molecule has 4 heteroatoms. The molecule has 0 radical (unpaired) electrons. The minimum absolute atomic E-state index is 0.477. The van der Waals surface area contributed by atoms with Gasteiger partial charge in [-0.2, -0.15) is 0 Å². The molecule has 1 aliphatic heterocycles. The van der Waals surface area contributed by atoms with Gasteiger partial charge in [0.05, 0.1) is 5.41 Å². The number of aromatic nitrogens is 3. The zero-order valence-corrected chi connectivity index (χ0v) is 32.6. The number of hydrogen-bond acceptors (Lipinski definition) is 4. The van der Waals surface area contributed by atoms with E-state index < -0.39 is 10.8 Å². The van der Waals surface area contributed by atoms with Crippen LogP contribution in [-0.4, -0.2) is 15.0 Å². The summed E-state index contributed by atoms with van der Waals surface area (Å²) in [5.41, 5.74) is 16.3. The number of rotatable bonds is 4. The Morgan fingerprint density at radius 2 is 0.814 bits per heavy atom. The molecule has 0 fully saturated rings. The second-order valence-electron chi connectivity index (χ2n) is 16.3. The Kier molecular flexibility index (Phi) is 7.16. The van der Waals surface area contributed by atoms with Crippen molar-refractivity contribution in [3.05, 3.63) is 221 Å². The molecule has 0 unspecified atom stereocenters. The molecule has 9 aromatic rings. The highest BCUT2D eigenvalue weighted by Gasteiger charge is 2.53. The smallest absolute Gasteiger partial charge is 0.164 e. The van der Waals surface area contributed by atoms with Gasteiger partial charge >= 0.3 is 0 Å². The molecular formula is C55H37N3O. The van der Waals surface area contributed by atoms with E-state index >= 15 is 0 Å². The Morgan fingerprint density at radius 1 is 0.339 bits per heavy atom. The molecule has 59 heavy (non-hydrogen) atoms. The normalized spacial score (nSPS) is 14.3. The van der Waals surface area contributed by atoms with Gasteiger partial charge in [0.2, 0.25) is 0 Å². The van der Waals surface area contributed by atoms with Gasteiger partial charge < -0.3 is 4.74 Å². The first-order chi connectivity index (χ1) is 29.0. The molecule has 0 saturated carbocycles. The molecule has 1 spiro atoms. The van der Waals surface area contributed by atoms with Crippen LogP contribution in [0.1, 0.15) is 47.2 Å². The number of benzene rings is 8. The third-order valence-electron chi connectivity index (χ3n) is 12.8. The largest absolute Gasteiger partial charge is 0.456 e. The Morgan fingerprint density at radius 3 is 1.49 bits per heavy atom. The number of ether oxygens (including phenoxy) is 1. The van der Waals surface area contributed by atoms with Crippen LogP contribution < -0.4 is 4.74 Å². The van der Waals surface area contributed by atoms with Crippen molar-refractivity contribution < 1.29 is 4.74 Å². The average molecular weight is 756 g/mol. The monoisotopic (exact) mass is 755 g/mol. The molecule has 1 aromatic heterocycles.